The fraction of sp³-hybridized carbons (Fsp3) is 0.0870. The Labute approximate surface area is 157 Å². The molecular weight excluding hydrogens is 336 g/mol. The van der Waals surface area contributed by atoms with Gasteiger partial charge in [0.1, 0.15) is 0 Å². The van der Waals surface area contributed by atoms with Crippen molar-refractivity contribution in [3.63, 3.8) is 0 Å². The topological polar surface area (TPSA) is 56.0 Å². The van der Waals surface area contributed by atoms with Crippen LogP contribution in [-0.2, 0) is 0 Å². The third-order valence-corrected chi connectivity index (χ3v) is 4.42. The minimum absolute atomic E-state index is 0.0686. The van der Waals surface area contributed by atoms with Crippen molar-refractivity contribution >= 4 is 5.78 Å². The van der Waals surface area contributed by atoms with Crippen LogP contribution < -0.4 is 0 Å². The van der Waals surface area contributed by atoms with Gasteiger partial charge in [-0.1, -0.05) is 76.9 Å². The third-order valence-electron chi connectivity index (χ3n) is 4.42. The Morgan fingerprint density at radius 3 is 2.41 bits per heavy atom. The van der Waals surface area contributed by atoms with Crippen molar-refractivity contribution < 1.29 is 9.32 Å². The maximum Gasteiger partial charge on any atom is 0.258 e. The maximum absolute atomic E-state index is 13.0. The monoisotopic (exact) mass is 354 g/mol. The van der Waals surface area contributed by atoms with Crippen LogP contribution in [0.2, 0.25) is 0 Å². The molecule has 4 heteroatoms. The minimum Gasteiger partial charge on any atom is -0.334 e. The van der Waals surface area contributed by atoms with Gasteiger partial charge in [-0.05, 0) is 26.0 Å². The van der Waals surface area contributed by atoms with Gasteiger partial charge in [-0.3, -0.25) is 4.79 Å². The highest BCUT2D eigenvalue weighted by molar-refractivity contribution is 6.12. The lowest BCUT2D eigenvalue weighted by Gasteiger charge is -2.05. The Morgan fingerprint density at radius 2 is 1.63 bits per heavy atom. The van der Waals surface area contributed by atoms with Crippen LogP contribution in [0.15, 0.2) is 77.3 Å². The smallest absolute Gasteiger partial charge is 0.258 e. The molecule has 0 spiro atoms. The van der Waals surface area contributed by atoms with E-state index >= 15 is 0 Å². The average molecular weight is 354 g/mol. The second-order valence-corrected chi connectivity index (χ2v) is 6.53. The van der Waals surface area contributed by atoms with Crippen molar-refractivity contribution in [3.8, 4) is 22.8 Å². The number of aryl methyl sites for hydroxylation is 2. The molecule has 132 valence electrons. The molecule has 0 fully saturated rings. The maximum atomic E-state index is 13.0. The van der Waals surface area contributed by atoms with Crippen LogP contribution in [0.4, 0.5) is 0 Å². The van der Waals surface area contributed by atoms with Crippen molar-refractivity contribution in [1.82, 2.24) is 10.1 Å². The van der Waals surface area contributed by atoms with Gasteiger partial charge < -0.3 is 4.52 Å². The van der Waals surface area contributed by atoms with Crippen LogP contribution in [0, 0.1) is 13.8 Å². The average Bonchev–Trinajstić information content (AvgIpc) is 3.18. The van der Waals surface area contributed by atoms with Gasteiger partial charge in [0.15, 0.2) is 5.78 Å². The highest BCUT2D eigenvalue weighted by atomic mass is 16.5. The molecule has 0 aliphatic heterocycles. The summed E-state index contributed by atoms with van der Waals surface area (Å²) in [6, 6.07) is 22.7. The lowest BCUT2D eigenvalue weighted by molar-refractivity contribution is 0.103. The summed E-state index contributed by atoms with van der Waals surface area (Å²) < 4.78 is 5.48. The predicted octanol–water partition coefficient (Wildman–Crippen LogP) is 5.25. The van der Waals surface area contributed by atoms with E-state index in [0.29, 0.717) is 28.4 Å². The van der Waals surface area contributed by atoms with Crippen LogP contribution in [-0.4, -0.2) is 15.9 Å². The van der Waals surface area contributed by atoms with Gasteiger partial charge in [-0.15, -0.1) is 0 Å². The van der Waals surface area contributed by atoms with E-state index in [2.05, 4.69) is 10.1 Å². The van der Waals surface area contributed by atoms with Crippen LogP contribution in [0.5, 0.6) is 0 Å². The Morgan fingerprint density at radius 1 is 0.852 bits per heavy atom. The van der Waals surface area contributed by atoms with E-state index in [1.165, 1.54) is 0 Å². The second-order valence-electron chi connectivity index (χ2n) is 6.53. The number of hydrogen-bond acceptors (Lipinski definition) is 4. The summed E-state index contributed by atoms with van der Waals surface area (Å²) in [5, 5.41) is 4.09. The third kappa shape index (κ3) is 3.42. The van der Waals surface area contributed by atoms with E-state index in [9.17, 15) is 4.79 Å². The largest absolute Gasteiger partial charge is 0.334 e. The Bertz CT molecular complexity index is 1110. The number of nitrogens with zero attached hydrogens (tertiary/aromatic N) is 2. The first-order chi connectivity index (χ1) is 13.1. The number of ketones is 1. The van der Waals surface area contributed by atoms with Gasteiger partial charge in [-0.25, -0.2) is 0 Å². The van der Waals surface area contributed by atoms with E-state index in [1.807, 2.05) is 80.6 Å². The zero-order valence-electron chi connectivity index (χ0n) is 15.1. The van der Waals surface area contributed by atoms with Gasteiger partial charge in [0.05, 0.1) is 5.56 Å². The Hall–Kier alpha value is -3.53. The first kappa shape index (κ1) is 16.9. The van der Waals surface area contributed by atoms with Gasteiger partial charge in [0.25, 0.3) is 5.89 Å². The summed E-state index contributed by atoms with van der Waals surface area (Å²) in [7, 11) is 0. The molecule has 0 saturated carbocycles. The molecule has 4 aromatic rings. The molecule has 0 radical (unpaired) electrons. The fourth-order valence-electron chi connectivity index (χ4n) is 2.96. The normalized spacial score (nSPS) is 10.7. The van der Waals surface area contributed by atoms with Crippen molar-refractivity contribution in [1.29, 1.82) is 0 Å². The van der Waals surface area contributed by atoms with Gasteiger partial charge in [0.2, 0.25) is 5.82 Å². The lowest BCUT2D eigenvalue weighted by Crippen LogP contribution is -2.03. The highest BCUT2D eigenvalue weighted by Crippen LogP contribution is 2.27. The molecule has 0 bridgehead atoms. The number of hydrogen-bond donors (Lipinski definition) is 0. The van der Waals surface area contributed by atoms with Gasteiger partial charge in [0, 0.05) is 16.7 Å². The number of carbonyl (C=O) groups excluding carboxylic acids is 1. The van der Waals surface area contributed by atoms with Crippen LogP contribution in [0.3, 0.4) is 0 Å². The summed E-state index contributed by atoms with van der Waals surface area (Å²) in [5.41, 5.74) is 4.92. The fourth-order valence-corrected chi connectivity index (χ4v) is 2.96. The van der Waals surface area contributed by atoms with E-state index in [1.54, 1.807) is 6.07 Å². The van der Waals surface area contributed by atoms with Gasteiger partial charge in [-0.2, -0.15) is 4.98 Å². The lowest BCUT2D eigenvalue weighted by atomic mass is 9.97. The van der Waals surface area contributed by atoms with Crippen LogP contribution in [0.25, 0.3) is 22.8 Å². The van der Waals surface area contributed by atoms with E-state index in [-0.39, 0.29) is 5.78 Å². The zero-order chi connectivity index (χ0) is 18.8. The molecular formula is C23H18N2O2. The molecule has 0 amide bonds. The highest BCUT2D eigenvalue weighted by Gasteiger charge is 2.19. The molecule has 0 atom stereocenters. The number of aromatic nitrogens is 2. The first-order valence-corrected chi connectivity index (χ1v) is 8.73. The summed E-state index contributed by atoms with van der Waals surface area (Å²) in [5.74, 6) is 0.773. The minimum atomic E-state index is -0.0686. The molecule has 0 unspecified atom stereocenters. The van der Waals surface area contributed by atoms with Crippen molar-refractivity contribution in [2.24, 2.45) is 0 Å². The van der Waals surface area contributed by atoms with Crippen LogP contribution >= 0.6 is 0 Å². The van der Waals surface area contributed by atoms with E-state index in [0.717, 1.165) is 16.7 Å². The summed E-state index contributed by atoms with van der Waals surface area (Å²) in [4.78, 5) is 17.5. The summed E-state index contributed by atoms with van der Waals surface area (Å²) >= 11 is 0. The number of benzene rings is 3. The van der Waals surface area contributed by atoms with Crippen molar-refractivity contribution in [2.75, 3.05) is 0 Å². The van der Waals surface area contributed by atoms with Crippen LogP contribution in [0.1, 0.15) is 27.0 Å². The molecule has 0 saturated heterocycles. The second kappa shape index (κ2) is 7.00. The molecule has 3 aromatic carbocycles. The molecule has 0 aliphatic rings. The van der Waals surface area contributed by atoms with Gasteiger partial charge >= 0.3 is 0 Å². The SMILES string of the molecule is Cc1ccc(C(=O)c2ccccc2-c2nc(-c3cccc(C)c3)no2)cc1. The Balaban J connectivity index is 1.73. The Kier molecular flexibility index (Phi) is 4.38. The molecule has 0 N–H and O–H groups in total. The molecule has 27 heavy (non-hydrogen) atoms. The zero-order valence-corrected chi connectivity index (χ0v) is 15.1. The molecule has 1 aromatic heterocycles. The number of carbonyl (C=O) groups is 1. The van der Waals surface area contributed by atoms with E-state index < -0.39 is 0 Å². The first-order valence-electron chi connectivity index (χ1n) is 8.73. The summed E-state index contributed by atoms with van der Waals surface area (Å²) in [6.07, 6.45) is 0. The molecule has 4 nitrogen and oxygen atoms in total. The molecule has 0 aliphatic carbocycles. The predicted molar refractivity (Wildman–Crippen MR) is 105 cm³/mol. The quantitative estimate of drug-likeness (QED) is 0.470. The molecule has 4 rings (SSSR count). The van der Waals surface area contributed by atoms with Crippen molar-refractivity contribution in [3.05, 3.63) is 95.1 Å². The standard InChI is InChI=1S/C23H18N2O2/c1-15-10-12-17(13-11-15)21(26)19-8-3-4-9-20(19)23-24-22(25-27-23)18-7-5-6-16(2)14-18/h3-14H,1-2H3. The summed E-state index contributed by atoms with van der Waals surface area (Å²) in [6.45, 7) is 4.01. The van der Waals surface area contributed by atoms with Crippen molar-refractivity contribution in [2.45, 2.75) is 13.8 Å². The molecule has 1 heterocycles. The van der Waals surface area contributed by atoms with E-state index in [4.69, 9.17) is 4.52 Å². The number of rotatable bonds is 4.